The van der Waals surface area contributed by atoms with Gasteiger partial charge in [-0.2, -0.15) is 0 Å². The van der Waals surface area contributed by atoms with Crippen LogP contribution in [-0.2, 0) is 0 Å². The molecule has 0 aromatic carbocycles. The lowest BCUT2D eigenvalue weighted by molar-refractivity contribution is -0.0109. The van der Waals surface area contributed by atoms with Gasteiger partial charge < -0.3 is 15.3 Å². The molecule has 0 aliphatic carbocycles. The van der Waals surface area contributed by atoms with Gasteiger partial charge in [-0.1, -0.05) is 0 Å². The monoisotopic (exact) mass is 250 g/mol. The van der Waals surface area contributed by atoms with Crippen LogP contribution < -0.4 is 5.32 Å². The van der Waals surface area contributed by atoms with Crippen LogP contribution in [0.3, 0.4) is 0 Å². The highest BCUT2D eigenvalue weighted by atomic mass is 16.3. The van der Waals surface area contributed by atoms with Crippen molar-refractivity contribution in [3.8, 4) is 0 Å². The molecule has 2 heterocycles. The fraction of sp³-hybridized carbons (Fsp3) is 0.583. The third-order valence-electron chi connectivity index (χ3n) is 3.09. The lowest BCUT2D eigenvalue weighted by atomic mass is 9.95. The summed E-state index contributed by atoms with van der Waals surface area (Å²) < 4.78 is 0. The molecule has 0 bridgehead atoms. The van der Waals surface area contributed by atoms with Gasteiger partial charge in [0.1, 0.15) is 11.5 Å². The van der Waals surface area contributed by atoms with Crippen molar-refractivity contribution in [1.29, 1.82) is 0 Å². The quantitative estimate of drug-likeness (QED) is 0.799. The first-order valence-electron chi connectivity index (χ1n) is 6.03. The molecule has 1 amide bonds. The van der Waals surface area contributed by atoms with Crippen LogP contribution in [0.4, 0.5) is 5.82 Å². The van der Waals surface area contributed by atoms with E-state index in [4.69, 9.17) is 0 Å². The van der Waals surface area contributed by atoms with Gasteiger partial charge in [-0.3, -0.25) is 4.79 Å². The Morgan fingerprint density at radius 2 is 2.28 bits per heavy atom. The van der Waals surface area contributed by atoms with Gasteiger partial charge in [0.25, 0.3) is 5.91 Å². The maximum atomic E-state index is 12.2. The number of hydrogen-bond donors (Lipinski definition) is 2. The summed E-state index contributed by atoms with van der Waals surface area (Å²) in [5.41, 5.74) is -0.488. The predicted octanol–water partition coefficient (Wildman–Crippen LogP) is 0.505. The van der Waals surface area contributed by atoms with E-state index in [1.165, 1.54) is 12.4 Å². The van der Waals surface area contributed by atoms with Crippen molar-refractivity contribution < 1.29 is 9.90 Å². The van der Waals surface area contributed by atoms with Crippen LogP contribution in [0.25, 0.3) is 0 Å². The zero-order valence-electron chi connectivity index (χ0n) is 10.7. The molecule has 18 heavy (non-hydrogen) atoms. The molecular formula is C12H18N4O2. The number of likely N-dealkylation sites (tertiary alicyclic amines) is 1. The van der Waals surface area contributed by atoms with Crippen molar-refractivity contribution in [3.05, 3.63) is 18.1 Å². The maximum absolute atomic E-state index is 12.2. The highest BCUT2D eigenvalue weighted by molar-refractivity contribution is 5.92. The molecule has 1 atom stereocenters. The third kappa shape index (κ3) is 2.76. The number of nitrogens with one attached hydrogen (secondary N) is 1. The molecule has 0 radical (unpaired) electrons. The van der Waals surface area contributed by atoms with Crippen molar-refractivity contribution in [2.45, 2.75) is 25.4 Å². The minimum atomic E-state index is -0.799. The van der Waals surface area contributed by atoms with E-state index >= 15 is 0 Å². The number of aromatic nitrogens is 2. The average molecular weight is 250 g/mol. The number of rotatable bonds is 2. The molecule has 0 spiro atoms. The Morgan fingerprint density at radius 3 is 2.83 bits per heavy atom. The van der Waals surface area contributed by atoms with Gasteiger partial charge in [-0.05, 0) is 19.8 Å². The molecule has 1 aliphatic rings. The first-order chi connectivity index (χ1) is 8.52. The van der Waals surface area contributed by atoms with Crippen LogP contribution in [-0.4, -0.2) is 51.6 Å². The number of piperidine rings is 1. The van der Waals surface area contributed by atoms with Crippen LogP contribution >= 0.6 is 0 Å². The van der Waals surface area contributed by atoms with Gasteiger partial charge in [0, 0.05) is 20.1 Å². The summed E-state index contributed by atoms with van der Waals surface area (Å²) in [6.07, 6.45) is 4.51. The van der Waals surface area contributed by atoms with Gasteiger partial charge in [0.2, 0.25) is 0 Å². The molecule has 0 saturated carbocycles. The summed E-state index contributed by atoms with van der Waals surface area (Å²) in [6, 6.07) is 0. The second-order valence-corrected chi connectivity index (χ2v) is 4.86. The smallest absolute Gasteiger partial charge is 0.274 e. The molecule has 2 N–H and O–H groups in total. The Balaban J connectivity index is 2.10. The molecule has 1 fully saturated rings. The van der Waals surface area contributed by atoms with Crippen molar-refractivity contribution >= 4 is 11.7 Å². The van der Waals surface area contributed by atoms with Gasteiger partial charge >= 0.3 is 0 Å². The number of amides is 1. The van der Waals surface area contributed by atoms with E-state index in [1.54, 1.807) is 18.9 Å². The van der Waals surface area contributed by atoms with Crippen LogP contribution in [0.2, 0.25) is 0 Å². The molecule has 1 aromatic rings. The Kier molecular flexibility index (Phi) is 3.47. The predicted molar refractivity (Wildman–Crippen MR) is 67.3 cm³/mol. The fourth-order valence-corrected chi connectivity index (χ4v) is 2.12. The maximum Gasteiger partial charge on any atom is 0.274 e. The van der Waals surface area contributed by atoms with E-state index in [9.17, 15) is 9.90 Å². The lowest BCUT2D eigenvalue weighted by Gasteiger charge is -2.36. The van der Waals surface area contributed by atoms with E-state index < -0.39 is 5.60 Å². The summed E-state index contributed by atoms with van der Waals surface area (Å²) in [5.74, 6) is 0.447. The number of aliphatic hydroxyl groups is 1. The zero-order chi connectivity index (χ0) is 13.2. The topological polar surface area (TPSA) is 78.4 Å². The molecule has 1 saturated heterocycles. The SMILES string of the molecule is CNc1cnc(C(=O)N2CCCC(C)(O)C2)cn1. The fourth-order valence-electron chi connectivity index (χ4n) is 2.12. The average Bonchev–Trinajstić information content (AvgIpc) is 2.37. The van der Waals surface area contributed by atoms with E-state index in [0.717, 1.165) is 12.8 Å². The standard InChI is InChI=1S/C12H18N4O2/c1-12(18)4-3-5-16(8-12)11(17)9-6-15-10(13-2)7-14-9/h6-7,18H,3-5,8H2,1-2H3,(H,13,15). The highest BCUT2D eigenvalue weighted by Gasteiger charge is 2.31. The number of carbonyl (C=O) groups excluding carboxylic acids is 1. The molecule has 1 aromatic heterocycles. The van der Waals surface area contributed by atoms with Gasteiger partial charge in [0.05, 0.1) is 18.0 Å². The minimum absolute atomic E-state index is 0.176. The molecule has 1 aliphatic heterocycles. The number of hydrogen-bond acceptors (Lipinski definition) is 5. The Labute approximate surface area is 106 Å². The Morgan fingerprint density at radius 1 is 1.50 bits per heavy atom. The second kappa shape index (κ2) is 4.89. The summed E-state index contributed by atoms with van der Waals surface area (Å²) in [5, 5.41) is 12.8. The van der Waals surface area contributed by atoms with Crippen LogP contribution in [0.5, 0.6) is 0 Å². The number of anilines is 1. The Bertz CT molecular complexity index is 430. The largest absolute Gasteiger partial charge is 0.388 e. The zero-order valence-corrected chi connectivity index (χ0v) is 10.7. The van der Waals surface area contributed by atoms with Crippen LogP contribution in [0.15, 0.2) is 12.4 Å². The van der Waals surface area contributed by atoms with E-state index in [-0.39, 0.29) is 5.91 Å². The number of nitrogens with zero attached hydrogens (tertiary/aromatic N) is 3. The van der Waals surface area contributed by atoms with Gasteiger partial charge in [-0.25, -0.2) is 9.97 Å². The van der Waals surface area contributed by atoms with Gasteiger partial charge in [0.15, 0.2) is 0 Å². The molecule has 6 nitrogen and oxygen atoms in total. The van der Waals surface area contributed by atoms with Gasteiger partial charge in [-0.15, -0.1) is 0 Å². The normalized spacial score (nSPS) is 23.8. The van der Waals surface area contributed by atoms with E-state index in [2.05, 4.69) is 15.3 Å². The number of β-amino-alcohol motifs (C(OH)–C–C–N with tert-alkyl or cyclic N) is 1. The highest BCUT2D eigenvalue weighted by Crippen LogP contribution is 2.21. The first-order valence-corrected chi connectivity index (χ1v) is 6.03. The number of carbonyl (C=O) groups is 1. The molecule has 1 unspecified atom stereocenters. The molecule has 98 valence electrons. The molecule has 2 rings (SSSR count). The van der Waals surface area contributed by atoms with Crippen molar-refractivity contribution in [2.75, 3.05) is 25.5 Å². The molecule has 6 heteroatoms. The third-order valence-corrected chi connectivity index (χ3v) is 3.09. The van der Waals surface area contributed by atoms with E-state index in [1.807, 2.05) is 0 Å². The minimum Gasteiger partial charge on any atom is -0.388 e. The van der Waals surface area contributed by atoms with Crippen LogP contribution in [0, 0.1) is 0 Å². The Hall–Kier alpha value is -1.69. The molecular weight excluding hydrogens is 232 g/mol. The summed E-state index contributed by atoms with van der Waals surface area (Å²) >= 11 is 0. The lowest BCUT2D eigenvalue weighted by Crippen LogP contribution is -2.48. The first kappa shape index (κ1) is 12.8. The summed E-state index contributed by atoms with van der Waals surface area (Å²) in [4.78, 5) is 22.0. The van der Waals surface area contributed by atoms with Crippen molar-refractivity contribution in [3.63, 3.8) is 0 Å². The van der Waals surface area contributed by atoms with Crippen LogP contribution in [0.1, 0.15) is 30.3 Å². The summed E-state index contributed by atoms with van der Waals surface area (Å²) in [7, 11) is 1.74. The second-order valence-electron chi connectivity index (χ2n) is 4.86. The van der Waals surface area contributed by atoms with Crippen molar-refractivity contribution in [1.82, 2.24) is 14.9 Å². The summed E-state index contributed by atoms with van der Waals surface area (Å²) in [6.45, 7) is 2.76. The van der Waals surface area contributed by atoms with Crippen molar-refractivity contribution in [2.24, 2.45) is 0 Å². The van der Waals surface area contributed by atoms with E-state index in [0.29, 0.717) is 24.6 Å².